The van der Waals surface area contributed by atoms with Gasteiger partial charge in [0.15, 0.2) is 0 Å². The molecule has 0 radical (unpaired) electrons. The van der Waals surface area contributed by atoms with E-state index < -0.39 is 0 Å². The van der Waals surface area contributed by atoms with E-state index in [1.54, 1.807) is 0 Å². The van der Waals surface area contributed by atoms with E-state index >= 15 is 0 Å². The van der Waals surface area contributed by atoms with Crippen LogP contribution in [0.25, 0.3) is 73.0 Å². The highest BCUT2D eigenvalue weighted by Crippen LogP contribution is 2.37. The van der Waals surface area contributed by atoms with Gasteiger partial charge in [0.25, 0.3) is 0 Å². The Hall–Kier alpha value is -6.64. The normalized spacial score (nSPS) is 12.1. The molecule has 0 N–H and O–H groups in total. The Balaban J connectivity index is 0.971. The predicted molar refractivity (Wildman–Crippen MR) is 224 cm³/mol. The first-order valence-electron chi connectivity index (χ1n) is 18.0. The summed E-state index contributed by atoms with van der Waals surface area (Å²) < 4.78 is 2.40. The largest absolute Gasteiger partial charge is 0.309 e. The molecule has 10 rings (SSSR count). The fraction of sp³-hybridized carbons (Fsp3) is 0. The van der Waals surface area contributed by atoms with E-state index in [1.807, 2.05) is 0 Å². The molecule has 0 amide bonds. The first kappa shape index (κ1) is 30.2. The lowest BCUT2D eigenvalue weighted by molar-refractivity contribution is 1.18. The van der Waals surface area contributed by atoms with Gasteiger partial charge in [0, 0.05) is 16.5 Å². The molecule has 242 valence electrons. The lowest BCUT2D eigenvalue weighted by Crippen LogP contribution is -2.48. The van der Waals surface area contributed by atoms with Crippen LogP contribution in [0.5, 0.6) is 0 Å². The summed E-state index contributed by atoms with van der Waals surface area (Å²) in [5.74, 6) is 0. The first-order chi connectivity index (χ1) is 25.8. The lowest BCUT2D eigenvalue weighted by atomic mass is 9.39. The molecule has 0 aliphatic carbocycles. The second-order valence-corrected chi connectivity index (χ2v) is 13.7. The van der Waals surface area contributed by atoms with Gasteiger partial charge in [0.1, 0.15) is 0 Å². The summed E-state index contributed by atoms with van der Waals surface area (Å²) in [6, 6.07) is 70.7. The highest BCUT2D eigenvalue weighted by Gasteiger charge is 2.32. The van der Waals surface area contributed by atoms with Crippen molar-refractivity contribution in [3.8, 4) is 39.1 Å². The Kier molecular flexibility index (Phi) is 7.32. The van der Waals surface area contributed by atoms with E-state index in [2.05, 4.69) is 211 Å². The van der Waals surface area contributed by atoms with Crippen molar-refractivity contribution in [3.63, 3.8) is 0 Å². The zero-order chi connectivity index (χ0) is 34.4. The molecule has 0 bridgehead atoms. The molecule has 2 heteroatoms. The maximum atomic E-state index is 2.40. The quantitative estimate of drug-likeness (QED) is 0.124. The van der Waals surface area contributed by atoms with E-state index in [0.29, 0.717) is 0 Å². The molecule has 1 aromatic heterocycles. The molecular weight excluding hydrogens is 625 g/mol. The smallest absolute Gasteiger partial charge is 0.242 e. The SMILES string of the molecule is C(=C\c1ccc(-n2c3ccc(-c4ccccc4)cc3c3cc(-c4ccccc4)ccc32)cc1)/c1ccc(B2c3ccccc3-c3ccccc32)cc1. The Morgan fingerprint density at radius 3 is 1.31 bits per heavy atom. The van der Waals surface area contributed by atoms with Crippen LogP contribution in [0.2, 0.25) is 0 Å². The lowest BCUT2D eigenvalue weighted by Gasteiger charge is -2.11. The number of benzene rings is 8. The summed E-state index contributed by atoms with van der Waals surface area (Å²) in [7, 11) is 0. The summed E-state index contributed by atoms with van der Waals surface area (Å²) in [4.78, 5) is 0. The van der Waals surface area contributed by atoms with E-state index in [9.17, 15) is 0 Å². The first-order valence-corrected chi connectivity index (χ1v) is 18.0. The van der Waals surface area contributed by atoms with Gasteiger partial charge in [0.2, 0.25) is 6.71 Å². The number of aromatic nitrogens is 1. The van der Waals surface area contributed by atoms with Crippen molar-refractivity contribution >= 4 is 57.1 Å². The number of hydrogen-bond donors (Lipinski definition) is 0. The monoisotopic (exact) mass is 659 g/mol. The summed E-state index contributed by atoms with van der Waals surface area (Å²) in [5.41, 5.74) is 17.6. The van der Waals surface area contributed by atoms with Crippen LogP contribution in [0.15, 0.2) is 194 Å². The van der Waals surface area contributed by atoms with Gasteiger partial charge in [-0.25, -0.2) is 0 Å². The average molecular weight is 660 g/mol. The molecule has 0 unspecified atom stereocenters. The van der Waals surface area contributed by atoms with Crippen LogP contribution < -0.4 is 16.4 Å². The summed E-state index contributed by atoms with van der Waals surface area (Å²) in [5, 5.41) is 2.51. The number of fused-ring (bicyclic) bond motifs is 6. The van der Waals surface area contributed by atoms with E-state index in [0.717, 1.165) is 5.69 Å². The zero-order valence-electron chi connectivity index (χ0n) is 28.7. The van der Waals surface area contributed by atoms with Crippen LogP contribution in [0.1, 0.15) is 11.1 Å². The summed E-state index contributed by atoms with van der Waals surface area (Å²) >= 11 is 0. The summed E-state index contributed by atoms with van der Waals surface area (Å²) in [6.45, 7) is 0.272. The van der Waals surface area contributed by atoms with Gasteiger partial charge in [-0.3, -0.25) is 0 Å². The Morgan fingerprint density at radius 1 is 0.365 bits per heavy atom. The van der Waals surface area contributed by atoms with Crippen molar-refractivity contribution in [2.75, 3.05) is 0 Å². The Labute approximate surface area is 304 Å². The molecule has 1 nitrogen and oxygen atoms in total. The van der Waals surface area contributed by atoms with Crippen molar-refractivity contribution in [2.24, 2.45) is 0 Å². The third-order valence-corrected chi connectivity index (χ3v) is 10.7. The minimum absolute atomic E-state index is 0.272. The van der Waals surface area contributed by atoms with Crippen molar-refractivity contribution < 1.29 is 0 Å². The van der Waals surface area contributed by atoms with Gasteiger partial charge in [-0.2, -0.15) is 0 Å². The highest BCUT2D eigenvalue weighted by molar-refractivity contribution is 6.99. The molecule has 52 heavy (non-hydrogen) atoms. The molecule has 9 aromatic rings. The minimum atomic E-state index is 0.272. The maximum Gasteiger partial charge on any atom is 0.242 e. The third-order valence-electron chi connectivity index (χ3n) is 10.7. The number of rotatable bonds is 6. The van der Waals surface area contributed by atoms with Crippen LogP contribution >= 0.6 is 0 Å². The van der Waals surface area contributed by atoms with Crippen LogP contribution in [0.3, 0.4) is 0 Å². The fourth-order valence-electron chi connectivity index (χ4n) is 8.16. The second kappa shape index (κ2) is 12.6. The van der Waals surface area contributed by atoms with Gasteiger partial charge >= 0.3 is 0 Å². The third kappa shape index (κ3) is 5.20. The molecule has 0 spiro atoms. The standard InChI is InChI=1S/C50H34BN/c1-3-11-37(12-4-1)39-25-31-49-45(33-39)46-34-40(38-13-5-2-6-14-38)26-32-50(46)52(49)42-29-23-36(24-30-42)20-19-35-21-27-41(28-22-35)51-47-17-9-7-15-43(47)44-16-8-10-18-48(44)51/h1-34H/b20-19+. The number of hydrogen-bond acceptors (Lipinski definition) is 0. The average Bonchev–Trinajstić information content (AvgIpc) is 3.73. The molecule has 0 atom stereocenters. The van der Waals surface area contributed by atoms with Crippen molar-refractivity contribution in [1.29, 1.82) is 0 Å². The van der Waals surface area contributed by atoms with Gasteiger partial charge in [0.05, 0.1) is 11.0 Å². The molecule has 2 heterocycles. The Bertz CT molecular complexity index is 2610. The molecule has 0 saturated carbocycles. The van der Waals surface area contributed by atoms with Crippen molar-refractivity contribution in [3.05, 3.63) is 205 Å². The maximum absolute atomic E-state index is 2.40. The minimum Gasteiger partial charge on any atom is -0.309 e. The zero-order valence-corrected chi connectivity index (χ0v) is 28.7. The molecule has 1 aliphatic rings. The van der Waals surface area contributed by atoms with Crippen LogP contribution in [-0.4, -0.2) is 11.3 Å². The molecular formula is C50H34BN. The number of nitrogens with zero attached hydrogens (tertiary/aromatic N) is 1. The van der Waals surface area contributed by atoms with Gasteiger partial charge < -0.3 is 4.57 Å². The van der Waals surface area contributed by atoms with Gasteiger partial charge in [-0.05, 0) is 80.9 Å². The van der Waals surface area contributed by atoms with Crippen molar-refractivity contribution in [1.82, 2.24) is 4.57 Å². The van der Waals surface area contributed by atoms with E-state index in [-0.39, 0.29) is 6.71 Å². The van der Waals surface area contributed by atoms with Crippen molar-refractivity contribution in [2.45, 2.75) is 0 Å². The fourth-order valence-corrected chi connectivity index (χ4v) is 8.16. The molecule has 1 aliphatic heterocycles. The molecule has 0 fully saturated rings. The summed E-state index contributed by atoms with van der Waals surface area (Å²) in [6.07, 6.45) is 4.43. The predicted octanol–water partition coefficient (Wildman–Crippen LogP) is 10.8. The molecule has 8 aromatic carbocycles. The second-order valence-electron chi connectivity index (χ2n) is 13.7. The van der Waals surface area contributed by atoms with E-state index in [1.165, 1.54) is 82.7 Å². The van der Waals surface area contributed by atoms with Crippen LogP contribution in [-0.2, 0) is 0 Å². The molecule has 0 saturated heterocycles. The highest BCUT2D eigenvalue weighted by atomic mass is 15.0. The van der Waals surface area contributed by atoms with Gasteiger partial charge in [-0.1, -0.05) is 186 Å². The topological polar surface area (TPSA) is 4.93 Å². The Morgan fingerprint density at radius 2 is 0.808 bits per heavy atom. The van der Waals surface area contributed by atoms with Gasteiger partial charge in [-0.15, -0.1) is 0 Å². The van der Waals surface area contributed by atoms with Crippen LogP contribution in [0.4, 0.5) is 0 Å². The van der Waals surface area contributed by atoms with E-state index in [4.69, 9.17) is 0 Å². The van der Waals surface area contributed by atoms with Crippen LogP contribution in [0, 0.1) is 0 Å².